The highest BCUT2D eigenvalue weighted by molar-refractivity contribution is 7.48. The van der Waals surface area contributed by atoms with Crippen molar-refractivity contribution in [2.75, 3.05) is 38.3 Å². The quantitative estimate of drug-likeness (QED) is 0.130. The van der Waals surface area contributed by atoms with Crippen molar-refractivity contribution in [2.24, 2.45) is 16.7 Å². The van der Waals surface area contributed by atoms with Gasteiger partial charge in [0, 0.05) is 5.92 Å². The van der Waals surface area contributed by atoms with Gasteiger partial charge in [-0.2, -0.15) is 4.98 Å². The first kappa shape index (κ1) is 44.6. The molecule has 0 radical (unpaired) electrons. The maximum absolute atomic E-state index is 16.9. The van der Waals surface area contributed by atoms with Gasteiger partial charge >= 0.3 is 27.6 Å². The SMILES string of the molecule is CC1C2COP(=O)(OCOC(=O)C(C)(C)C)OC3C(F)[C@H](n4cnc5c(N)ncnc54)O[C@@H]3COP(=O)(OCOC(=O)C(C)(C)C)OC1[C@H](n1cnc3c(=O)[nH]c(N)nc31)O2. The standard InChI is InChI=1S/C33H45FN10O15P2/c1-15-16-8-52-61(49,55-14-51-30(47)33(5,6)7)59-22-17(57-27(18(22)34)43-11-39-19-23(35)37-10-38-24(19)43)9-53-60(48,54-13-50-29(46)32(2,3)4)58-21(15)28(56-16)44-12-40-20-25(44)41-31(36)42-26(20)45/h10-12,15-18,21-22,27-28H,8-9,13-14H2,1-7H3,(H2,35,37,38)(H3,36,41,42,45)/t15?,16?,17-,18?,21?,22?,27-,28-,60?,61?/m1/s1. The Morgan fingerprint density at radius 1 is 0.820 bits per heavy atom. The van der Waals surface area contributed by atoms with Gasteiger partial charge in [-0.15, -0.1) is 0 Å². The number of aromatic amines is 1. The highest BCUT2D eigenvalue weighted by Crippen LogP contribution is 2.59. The number of fused-ring (bicyclic) bond motifs is 5. The fourth-order valence-corrected chi connectivity index (χ4v) is 8.88. The number of imidazole rings is 2. The smallest absolute Gasteiger partial charge is 0.437 e. The van der Waals surface area contributed by atoms with Crippen LogP contribution in [0.2, 0.25) is 0 Å². The molecule has 0 saturated carbocycles. The van der Waals surface area contributed by atoms with Crippen molar-refractivity contribution < 1.29 is 69.2 Å². The summed E-state index contributed by atoms with van der Waals surface area (Å²) in [4.78, 5) is 60.8. The molecule has 25 nitrogen and oxygen atoms in total. The van der Waals surface area contributed by atoms with Gasteiger partial charge in [0.1, 0.15) is 30.2 Å². The third-order valence-electron chi connectivity index (χ3n) is 9.67. The molecule has 7 heterocycles. The van der Waals surface area contributed by atoms with Crippen LogP contribution in [0.4, 0.5) is 16.2 Å². The molecule has 0 spiro atoms. The second-order valence-corrected chi connectivity index (χ2v) is 19.5. The number of anilines is 2. The van der Waals surface area contributed by atoms with Crippen LogP contribution in [0.1, 0.15) is 60.9 Å². The van der Waals surface area contributed by atoms with E-state index < -0.39 is 120 Å². The molecule has 0 amide bonds. The van der Waals surface area contributed by atoms with Crippen molar-refractivity contribution >= 4 is 61.7 Å². The number of H-pyrrole nitrogens is 1. The van der Waals surface area contributed by atoms with E-state index in [2.05, 4.69) is 29.9 Å². The van der Waals surface area contributed by atoms with E-state index in [0.717, 1.165) is 6.33 Å². The number of alkyl halides is 1. The fourth-order valence-electron chi connectivity index (χ4n) is 6.32. The van der Waals surface area contributed by atoms with Crippen LogP contribution in [0.5, 0.6) is 0 Å². The summed E-state index contributed by atoms with van der Waals surface area (Å²) in [6, 6.07) is 0. The zero-order valence-electron chi connectivity index (χ0n) is 33.9. The molecule has 3 saturated heterocycles. The van der Waals surface area contributed by atoms with Gasteiger partial charge in [0.2, 0.25) is 19.5 Å². The number of hydrogen-bond acceptors (Lipinski definition) is 22. The molecule has 3 aliphatic rings. The van der Waals surface area contributed by atoms with Crippen molar-refractivity contribution in [3.8, 4) is 0 Å². The van der Waals surface area contributed by atoms with Gasteiger partial charge in [-0.3, -0.25) is 46.6 Å². The van der Waals surface area contributed by atoms with Gasteiger partial charge in [0.25, 0.3) is 5.56 Å². The number of aromatic nitrogens is 8. The third kappa shape index (κ3) is 9.19. The Morgan fingerprint density at radius 2 is 1.36 bits per heavy atom. The molecule has 334 valence electrons. The molecule has 28 heteroatoms. The minimum Gasteiger partial charge on any atom is -0.437 e. The van der Waals surface area contributed by atoms with Gasteiger partial charge in [0.15, 0.2) is 41.3 Å². The molecule has 5 N–H and O–H groups in total. The van der Waals surface area contributed by atoms with Crippen molar-refractivity contribution in [3.63, 3.8) is 0 Å². The average Bonchev–Trinajstić information content (AvgIpc) is 3.94. The van der Waals surface area contributed by atoms with Crippen molar-refractivity contribution in [2.45, 2.75) is 91.5 Å². The summed E-state index contributed by atoms with van der Waals surface area (Å²) >= 11 is 0. The van der Waals surface area contributed by atoms with E-state index in [1.807, 2.05) is 0 Å². The van der Waals surface area contributed by atoms with Crippen LogP contribution in [-0.2, 0) is 64.8 Å². The molecular weight excluding hydrogens is 857 g/mol. The number of rotatable bonds is 8. The van der Waals surface area contributed by atoms with Crippen molar-refractivity contribution in [3.05, 3.63) is 29.3 Å². The molecule has 4 aromatic rings. The van der Waals surface area contributed by atoms with Crippen LogP contribution in [0, 0.1) is 16.7 Å². The maximum Gasteiger partial charge on any atom is 0.478 e. The van der Waals surface area contributed by atoms with Crippen LogP contribution in [0.3, 0.4) is 0 Å². The average molecular weight is 903 g/mol. The van der Waals surface area contributed by atoms with Crippen LogP contribution >= 0.6 is 15.6 Å². The number of carbonyl (C=O) groups is 2. The largest absolute Gasteiger partial charge is 0.478 e. The predicted octanol–water partition coefficient (Wildman–Crippen LogP) is 3.05. The number of nitrogens with one attached hydrogen (secondary N) is 1. The summed E-state index contributed by atoms with van der Waals surface area (Å²) in [7, 11) is -10.00. The molecule has 61 heavy (non-hydrogen) atoms. The number of nitrogens with two attached hydrogens (primary N) is 2. The molecule has 0 aliphatic carbocycles. The second-order valence-electron chi connectivity index (χ2n) is 16.3. The minimum atomic E-state index is -5.02. The topological polar surface area (TPSA) is 320 Å². The number of ether oxygens (including phenoxy) is 4. The molecule has 3 aliphatic heterocycles. The van der Waals surface area contributed by atoms with Crippen LogP contribution in [0.15, 0.2) is 23.8 Å². The number of nitrogen functional groups attached to an aromatic ring is 2. The molecule has 7 unspecified atom stereocenters. The molecule has 7 rings (SSSR count). The Labute approximate surface area is 345 Å². The number of phosphoric ester groups is 2. The minimum absolute atomic E-state index is 0.0167. The van der Waals surface area contributed by atoms with E-state index in [9.17, 15) is 23.5 Å². The number of hydrogen-bond donors (Lipinski definition) is 3. The zero-order valence-corrected chi connectivity index (χ0v) is 35.6. The van der Waals surface area contributed by atoms with Gasteiger partial charge < -0.3 is 30.4 Å². The zero-order chi connectivity index (χ0) is 44.2. The Balaban J connectivity index is 1.27. The van der Waals surface area contributed by atoms with E-state index in [4.69, 9.17) is 57.6 Å². The summed E-state index contributed by atoms with van der Waals surface area (Å²) in [6.07, 6.45) is -7.77. The Bertz CT molecular complexity index is 2450. The first-order valence-corrected chi connectivity index (χ1v) is 21.6. The van der Waals surface area contributed by atoms with E-state index in [1.54, 1.807) is 48.5 Å². The van der Waals surface area contributed by atoms with Crippen molar-refractivity contribution in [1.82, 2.24) is 39.0 Å². The predicted molar refractivity (Wildman–Crippen MR) is 204 cm³/mol. The second kappa shape index (κ2) is 16.7. The maximum atomic E-state index is 16.9. The highest BCUT2D eigenvalue weighted by Gasteiger charge is 2.55. The van der Waals surface area contributed by atoms with E-state index >= 15 is 4.39 Å². The summed E-state index contributed by atoms with van der Waals surface area (Å²) in [5.41, 5.74) is 9.09. The Morgan fingerprint density at radius 3 is 1.97 bits per heavy atom. The van der Waals surface area contributed by atoms with Crippen LogP contribution < -0.4 is 17.0 Å². The van der Waals surface area contributed by atoms with E-state index in [-0.39, 0.29) is 34.1 Å². The normalized spacial score (nSPS) is 31.3. The molecule has 4 aromatic heterocycles. The van der Waals surface area contributed by atoms with Gasteiger partial charge in [-0.05, 0) is 41.5 Å². The first-order chi connectivity index (χ1) is 28.6. The molecule has 10 atom stereocenters. The number of esters is 2. The van der Waals surface area contributed by atoms with E-state index in [0.29, 0.717) is 0 Å². The Hall–Kier alpha value is -4.49. The fraction of sp³-hybridized carbons (Fsp3) is 0.636. The summed E-state index contributed by atoms with van der Waals surface area (Å²) < 4.78 is 106. The Kier molecular flexibility index (Phi) is 12.2. The first-order valence-electron chi connectivity index (χ1n) is 18.7. The summed E-state index contributed by atoms with van der Waals surface area (Å²) in [5, 5.41) is 0. The lowest BCUT2D eigenvalue weighted by molar-refractivity contribution is -0.161. The molecular formula is C33H45FN10O15P2. The van der Waals surface area contributed by atoms with Crippen molar-refractivity contribution in [1.29, 1.82) is 0 Å². The number of halogens is 1. The number of nitrogens with zero attached hydrogens (tertiary/aromatic N) is 7. The highest BCUT2D eigenvalue weighted by atomic mass is 31.2. The van der Waals surface area contributed by atoms with E-state index in [1.165, 1.54) is 21.8 Å². The third-order valence-corrected chi connectivity index (χ3v) is 12.5. The van der Waals surface area contributed by atoms with Gasteiger partial charge in [-0.25, -0.2) is 42.5 Å². The van der Waals surface area contributed by atoms with Gasteiger partial charge in [0.05, 0.1) is 42.8 Å². The molecule has 2 bridgehead atoms. The van der Waals surface area contributed by atoms with Crippen LogP contribution in [0.25, 0.3) is 22.3 Å². The van der Waals surface area contributed by atoms with Crippen LogP contribution in [-0.4, -0.2) is 108 Å². The lowest BCUT2D eigenvalue weighted by Crippen LogP contribution is -2.35. The number of phosphoric acid groups is 2. The lowest BCUT2D eigenvalue weighted by Gasteiger charge is -2.28. The number of carbonyl (C=O) groups excluding carboxylic acids is 2. The molecule has 0 aromatic carbocycles. The van der Waals surface area contributed by atoms with Gasteiger partial charge in [-0.1, -0.05) is 6.92 Å². The molecule has 3 fully saturated rings. The lowest BCUT2D eigenvalue weighted by atomic mass is 9.98. The summed E-state index contributed by atoms with van der Waals surface area (Å²) in [6.45, 7) is 7.64. The monoisotopic (exact) mass is 902 g/mol. The summed E-state index contributed by atoms with van der Waals surface area (Å²) in [5.74, 6) is -2.63.